The van der Waals surface area contributed by atoms with Gasteiger partial charge in [0.1, 0.15) is 33.5 Å². The molecule has 0 aliphatic heterocycles. The quantitative estimate of drug-likeness (QED) is 0.0514. The number of methoxy groups -OCH3 is 2. The number of nitrogens with two attached hydrogens (primary N) is 1. The van der Waals surface area contributed by atoms with Gasteiger partial charge in [0, 0.05) is 6.54 Å². The highest BCUT2D eigenvalue weighted by Gasteiger charge is 2.36. The molecule has 182 valence electrons. The summed E-state index contributed by atoms with van der Waals surface area (Å²) in [6, 6.07) is -2.14. The van der Waals surface area contributed by atoms with Crippen LogP contribution in [0.3, 0.4) is 0 Å². The lowest BCUT2D eigenvalue weighted by Crippen LogP contribution is -2.44. The Morgan fingerprint density at radius 1 is 1.09 bits per heavy atom. The minimum atomic E-state index is -1.14. The van der Waals surface area contributed by atoms with E-state index in [9.17, 15) is 29.3 Å². The second-order valence-corrected chi connectivity index (χ2v) is 7.18. The van der Waals surface area contributed by atoms with E-state index in [0.29, 0.717) is 0 Å². The third-order valence-corrected chi connectivity index (χ3v) is 4.87. The van der Waals surface area contributed by atoms with E-state index in [1.165, 1.54) is 6.92 Å². The average Bonchev–Trinajstić information content (AvgIpc) is 2.77. The van der Waals surface area contributed by atoms with Crippen molar-refractivity contribution < 1.29 is 33.7 Å². The van der Waals surface area contributed by atoms with Crippen LogP contribution in [0.5, 0.6) is 0 Å². The first-order chi connectivity index (χ1) is 15.4. The number of nitro groups is 1. The number of hydrogen-bond donors (Lipinski definition) is 4. The van der Waals surface area contributed by atoms with Crippen molar-refractivity contribution in [3.05, 3.63) is 31.6 Å². The molecule has 1 aliphatic rings. The number of hydrazine groups is 1. The van der Waals surface area contributed by atoms with Gasteiger partial charge in [-0.3, -0.25) is 9.59 Å². The van der Waals surface area contributed by atoms with Crippen molar-refractivity contribution in [1.29, 1.82) is 0 Å². The van der Waals surface area contributed by atoms with Crippen LogP contribution in [0.4, 0.5) is 0 Å². The number of ketones is 2. The molecule has 0 aromatic heterocycles. The molecule has 0 heterocycles. The van der Waals surface area contributed by atoms with Crippen LogP contribution < -0.4 is 21.8 Å². The van der Waals surface area contributed by atoms with Crippen LogP contribution in [0.25, 0.3) is 0 Å². The number of carbonyl (C=O) groups is 4. The molecule has 0 bridgehead atoms. The van der Waals surface area contributed by atoms with Crippen LogP contribution in [-0.4, -0.2) is 67.3 Å². The molecule has 0 amide bonds. The minimum Gasteiger partial charge on any atom is -0.467 e. The predicted octanol–water partition coefficient (Wildman–Crippen LogP) is -0.802. The number of nitrogens with zero attached hydrogens (tertiary/aromatic N) is 2. The fraction of sp³-hybridized carbons (Fsp3) is 0.471. The highest BCUT2D eigenvalue weighted by Crippen LogP contribution is 2.28. The molecule has 1 rings (SSSR count). The van der Waals surface area contributed by atoms with Gasteiger partial charge in [-0.2, -0.15) is 0 Å². The molecule has 0 aromatic rings. The molecule has 0 saturated carbocycles. The summed E-state index contributed by atoms with van der Waals surface area (Å²) in [5.41, 5.74) is 6.13. The van der Waals surface area contributed by atoms with Gasteiger partial charge in [-0.1, -0.05) is 28.6 Å². The van der Waals surface area contributed by atoms with Crippen molar-refractivity contribution in [1.82, 2.24) is 16.1 Å². The summed E-state index contributed by atoms with van der Waals surface area (Å²) < 4.78 is 9.23. The largest absolute Gasteiger partial charge is 0.467 e. The first kappa shape index (κ1) is 27.6. The Balaban J connectivity index is 2.99. The van der Waals surface area contributed by atoms with E-state index in [0.717, 1.165) is 14.2 Å². The molecule has 0 aromatic carbocycles. The van der Waals surface area contributed by atoms with Gasteiger partial charge in [0.2, 0.25) is 11.6 Å². The Bertz CT molecular complexity index is 932. The first-order valence-corrected chi connectivity index (χ1v) is 9.98. The smallest absolute Gasteiger partial charge is 0.328 e. The summed E-state index contributed by atoms with van der Waals surface area (Å²) in [7, 11) is 2.26. The first-order valence-electron chi connectivity index (χ1n) is 9.23. The average molecular weight is 509 g/mol. The van der Waals surface area contributed by atoms with E-state index in [1.54, 1.807) is 5.43 Å². The lowest BCUT2D eigenvalue weighted by molar-refractivity contribution is -0.525. The van der Waals surface area contributed by atoms with Crippen LogP contribution in [0.15, 0.2) is 26.5 Å². The standard InChI is InChI=1S/C17H22Cl2N6O8/c1-7(15(28)32-2)22-11-9(18)14(27)12(10(19)13(11)26)23-8(16(29)33-3)5-4-6-21-17(20)24-25(30)31/h7-8,22-23H,4-6H2,1-3H3,(H3,20,21,24)/t7-,8-/m0/s1. The Labute approximate surface area is 197 Å². The monoisotopic (exact) mass is 508 g/mol. The number of aliphatic imine (C=N–C) groups is 1. The Morgan fingerprint density at radius 2 is 1.61 bits per heavy atom. The third kappa shape index (κ3) is 7.61. The maximum atomic E-state index is 12.7. The third-order valence-electron chi connectivity index (χ3n) is 4.15. The van der Waals surface area contributed by atoms with Gasteiger partial charge in [0.05, 0.1) is 14.2 Å². The van der Waals surface area contributed by atoms with Crippen molar-refractivity contribution in [2.45, 2.75) is 31.8 Å². The van der Waals surface area contributed by atoms with E-state index in [2.05, 4.69) is 25.1 Å². The van der Waals surface area contributed by atoms with E-state index in [1.807, 2.05) is 0 Å². The SMILES string of the molecule is COC(=O)[C@H](C)NC1=C(Cl)C(=O)C(N[C@@H](CCCN=C(N)N[N+](=O)[O-])C(=O)OC)=C(Cl)C1=O. The number of carbonyl (C=O) groups excluding carboxylic acids is 4. The number of allylic oxidation sites excluding steroid dienone is 2. The van der Waals surface area contributed by atoms with Crippen LogP contribution in [0.1, 0.15) is 19.8 Å². The number of halogens is 2. The van der Waals surface area contributed by atoms with Crippen molar-refractivity contribution in [2.24, 2.45) is 10.7 Å². The van der Waals surface area contributed by atoms with Gasteiger partial charge in [-0.15, -0.1) is 0 Å². The second kappa shape index (κ2) is 12.6. The van der Waals surface area contributed by atoms with Gasteiger partial charge in [0.25, 0.3) is 5.96 Å². The zero-order valence-corrected chi connectivity index (χ0v) is 19.3. The Hall–Kier alpha value is -3.39. The second-order valence-electron chi connectivity index (χ2n) is 6.42. The van der Waals surface area contributed by atoms with Crippen molar-refractivity contribution in [2.75, 3.05) is 20.8 Å². The predicted molar refractivity (Wildman–Crippen MR) is 115 cm³/mol. The molecule has 0 saturated heterocycles. The van der Waals surface area contributed by atoms with Crippen LogP contribution in [0, 0.1) is 10.1 Å². The Morgan fingerprint density at radius 3 is 2.09 bits per heavy atom. The van der Waals surface area contributed by atoms with E-state index >= 15 is 0 Å². The number of ether oxygens (including phenoxy) is 2. The lowest BCUT2D eigenvalue weighted by atomic mass is 10.0. The molecule has 5 N–H and O–H groups in total. The van der Waals surface area contributed by atoms with Gasteiger partial charge in [0.15, 0.2) is 5.03 Å². The number of nitrogens with one attached hydrogen (secondary N) is 3. The van der Waals surface area contributed by atoms with Crippen molar-refractivity contribution in [3.8, 4) is 0 Å². The maximum Gasteiger partial charge on any atom is 0.328 e. The number of hydrogen-bond acceptors (Lipinski definition) is 11. The van der Waals surface area contributed by atoms with Gasteiger partial charge >= 0.3 is 11.9 Å². The highest BCUT2D eigenvalue weighted by atomic mass is 35.5. The van der Waals surface area contributed by atoms with Crippen LogP contribution in [-0.2, 0) is 28.7 Å². The van der Waals surface area contributed by atoms with E-state index in [-0.39, 0.29) is 19.4 Å². The van der Waals surface area contributed by atoms with E-state index in [4.69, 9.17) is 28.9 Å². The molecule has 0 radical (unpaired) electrons. The Kier molecular flexibility index (Phi) is 10.6. The summed E-state index contributed by atoms with van der Waals surface area (Å²) in [4.78, 5) is 63.1. The van der Waals surface area contributed by atoms with Crippen LogP contribution >= 0.6 is 23.2 Å². The molecule has 0 spiro atoms. The minimum absolute atomic E-state index is 0.00163. The molecule has 33 heavy (non-hydrogen) atoms. The summed E-state index contributed by atoms with van der Waals surface area (Å²) in [5, 5.41) is 13.3. The molecular formula is C17H22Cl2N6O8. The molecule has 1 aliphatic carbocycles. The van der Waals surface area contributed by atoms with E-state index < -0.39 is 68.0 Å². The van der Waals surface area contributed by atoms with Crippen molar-refractivity contribution in [3.63, 3.8) is 0 Å². The molecule has 0 fully saturated rings. The number of esters is 2. The summed E-state index contributed by atoms with van der Waals surface area (Å²) in [6.45, 7) is 1.39. The number of Topliss-reactive ketones (excluding diaryl/α,β-unsaturated/α-hetero) is 2. The van der Waals surface area contributed by atoms with Crippen LogP contribution in [0.2, 0.25) is 0 Å². The molecule has 14 nitrogen and oxygen atoms in total. The molecular weight excluding hydrogens is 487 g/mol. The zero-order valence-electron chi connectivity index (χ0n) is 17.8. The lowest BCUT2D eigenvalue weighted by Gasteiger charge is -2.24. The maximum absolute atomic E-state index is 12.7. The fourth-order valence-electron chi connectivity index (χ4n) is 2.55. The number of rotatable bonds is 11. The molecule has 16 heteroatoms. The van der Waals surface area contributed by atoms with Gasteiger partial charge in [-0.05, 0) is 19.8 Å². The van der Waals surface area contributed by atoms with Crippen molar-refractivity contribution >= 4 is 52.7 Å². The van der Waals surface area contributed by atoms with Gasteiger partial charge < -0.3 is 25.8 Å². The highest BCUT2D eigenvalue weighted by molar-refractivity contribution is 6.56. The summed E-state index contributed by atoms with van der Waals surface area (Å²) in [6.07, 6.45) is 0.218. The fourth-order valence-corrected chi connectivity index (χ4v) is 3.01. The normalized spacial score (nSPS) is 16.2. The molecule has 2 atom stereocenters. The number of guanidine groups is 1. The topological polar surface area (TPSA) is 204 Å². The zero-order chi connectivity index (χ0) is 25.3. The summed E-state index contributed by atoms with van der Waals surface area (Å²) >= 11 is 12.1. The van der Waals surface area contributed by atoms with Gasteiger partial charge in [-0.25, -0.2) is 24.7 Å². The molecule has 0 unspecified atom stereocenters. The summed E-state index contributed by atoms with van der Waals surface area (Å²) in [5.74, 6) is -3.70.